The number of rotatable bonds is 3. The Morgan fingerprint density at radius 2 is 1.94 bits per heavy atom. The van der Waals surface area contributed by atoms with Gasteiger partial charge >= 0.3 is 5.97 Å². The SMILES string of the molecule is CCC(C)(C(=O)O)N1C(=O)CC2(CCCC2)C1=O. The molecule has 1 heterocycles. The molecule has 1 saturated heterocycles. The summed E-state index contributed by atoms with van der Waals surface area (Å²) in [6.07, 6.45) is 3.75. The van der Waals surface area contributed by atoms with Crippen molar-refractivity contribution in [2.75, 3.05) is 0 Å². The molecule has 1 saturated carbocycles. The molecular formula is C13H19NO4. The van der Waals surface area contributed by atoms with E-state index < -0.39 is 16.9 Å². The second kappa shape index (κ2) is 4.07. The van der Waals surface area contributed by atoms with Crippen LogP contribution in [0.4, 0.5) is 0 Å². The Labute approximate surface area is 106 Å². The lowest BCUT2D eigenvalue weighted by molar-refractivity contribution is -0.163. The molecule has 1 aliphatic heterocycles. The number of hydrogen-bond acceptors (Lipinski definition) is 3. The van der Waals surface area contributed by atoms with Crippen LogP contribution in [0.25, 0.3) is 0 Å². The topological polar surface area (TPSA) is 74.7 Å². The van der Waals surface area contributed by atoms with Gasteiger partial charge in [0.15, 0.2) is 0 Å². The predicted octanol–water partition coefficient (Wildman–Crippen LogP) is 1.56. The fraction of sp³-hybridized carbons (Fsp3) is 0.769. The fourth-order valence-corrected chi connectivity index (χ4v) is 3.14. The summed E-state index contributed by atoms with van der Waals surface area (Å²) in [4.78, 5) is 37.0. The predicted molar refractivity (Wildman–Crippen MR) is 63.7 cm³/mol. The van der Waals surface area contributed by atoms with E-state index in [1.807, 2.05) is 0 Å². The Morgan fingerprint density at radius 1 is 1.39 bits per heavy atom. The molecule has 1 N–H and O–H groups in total. The molecular weight excluding hydrogens is 234 g/mol. The van der Waals surface area contributed by atoms with Crippen LogP contribution in [0, 0.1) is 5.41 Å². The lowest BCUT2D eigenvalue weighted by Gasteiger charge is -2.33. The number of carbonyl (C=O) groups is 3. The summed E-state index contributed by atoms with van der Waals surface area (Å²) < 4.78 is 0. The lowest BCUT2D eigenvalue weighted by atomic mass is 9.84. The highest BCUT2D eigenvalue weighted by molar-refractivity contribution is 6.09. The van der Waals surface area contributed by atoms with Crippen molar-refractivity contribution in [1.29, 1.82) is 0 Å². The Morgan fingerprint density at radius 3 is 2.39 bits per heavy atom. The molecule has 1 spiro atoms. The highest BCUT2D eigenvalue weighted by Crippen LogP contribution is 2.48. The summed E-state index contributed by atoms with van der Waals surface area (Å²) in [5.41, 5.74) is -2.00. The van der Waals surface area contributed by atoms with Gasteiger partial charge in [0.25, 0.3) is 0 Å². The number of imide groups is 1. The summed E-state index contributed by atoms with van der Waals surface area (Å²) >= 11 is 0. The van der Waals surface area contributed by atoms with Gasteiger partial charge in [-0.3, -0.25) is 14.5 Å². The zero-order valence-corrected chi connectivity index (χ0v) is 10.9. The normalized spacial score (nSPS) is 25.8. The van der Waals surface area contributed by atoms with Crippen LogP contribution in [0.15, 0.2) is 0 Å². The molecule has 1 unspecified atom stereocenters. The van der Waals surface area contributed by atoms with Crippen molar-refractivity contribution < 1.29 is 19.5 Å². The van der Waals surface area contributed by atoms with Crippen molar-refractivity contribution in [3.63, 3.8) is 0 Å². The van der Waals surface area contributed by atoms with Crippen LogP contribution in [0.5, 0.6) is 0 Å². The largest absolute Gasteiger partial charge is 0.479 e. The summed E-state index contributed by atoms with van der Waals surface area (Å²) in [5.74, 6) is -1.70. The maximum atomic E-state index is 12.5. The highest BCUT2D eigenvalue weighted by atomic mass is 16.4. The summed E-state index contributed by atoms with van der Waals surface area (Å²) in [7, 11) is 0. The first-order chi connectivity index (χ1) is 8.37. The monoisotopic (exact) mass is 253 g/mol. The Bertz CT molecular complexity index is 411. The van der Waals surface area contributed by atoms with Gasteiger partial charge in [-0.15, -0.1) is 0 Å². The van der Waals surface area contributed by atoms with E-state index in [9.17, 15) is 19.5 Å². The van der Waals surface area contributed by atoms with Crippen LogP contribution < -0.4 is 0 Å². The maximum absolute atomic E-state index is 12.5. The van der Waals surface area contributed by atoms with E-state index in [0.717, 1.165) is 17.7 Å². The van der Waals surface area contributed by atoms with Crippen LogP contribution in [0.2, 0.25) is 0 Å². The van der Waals surface area contributed by atoms with E-state index in [-0.39, 0.29) is 24.7 Å². The second-order valence-electron chi connectivity index (χ2n) is 5.63. The van der Waals surface area contributed by atoms with Gasteiger partial charge in [0.05, 0.1) is 5.41 Å². The molecule has 0 aromatic rings. The molecule has 18 heavy (non-hydrogen) atoms. The first-order valence-electron chi connectivity index (χ1n) is 6.48. The van der Waals surface area contributed by atoms with Crippen LogP contribution in [-0.2, 0) is 14.4 Å². The third kappa shape index (κ3) is 1.56. The average molecular weight is 253 g/mol. The Kier molecular flexibility index (Phi) is 2.95. The number of hydrogen-bond donors (Lipinski definition) is 1. The highest BCUT2D eigenvalue weighted by Gasteiger charge is 2.58. The number of carboxylic acids is 1. The van der Waals surface area contributed by atoms with Gasteiger partial charge in [-0.25, -0.2) is 4.79 Å². The van der Waals surface area contributed by atoms with Gasteiger partial charge < -0.3 is 5.11 Å². The number of nitrogens with zero attached hydrogens (tertiary/aromatic N) is 1. The van der Waals surface area contributed by atoms with Crippen molar-refractivity contribution in [3.8, 4) is 0 Å². The molecule has 5 heteroatoms. The van der Waals surface area contributed by atoms with Crippen molar-refractivity contribution in [2.24, 2.45) is 5.41 Å². The molecule has 2 aliphatic rings. The third-order valence-corrected chi connectivity index (χ3v) is 4.60. The Balaban J connectivity index is 2.37. The number of carboxylic acid groups (broad SMARTS) is 1. The van der Waals surface area contributed by atoms with Gasteiger partial charge in [-0.05, 0) is 26.2 Å². The van der Waals surface area contributed by atoms with Crippen LogP contribution in [0.1, 0.15) is 52.4 Å². The zero-order valence-electron chi connectivity index (χ0n) is 10.9. The lowest BCUT2D eigenvalue weighted by Crippen LogP contribution is -2.55. The quantitative estimate of drug-likeness (QED) is 0.774. The van der Waals surface area contributed by atoms with E-state index >= 15 is 0 Å². The summed E-state index contributed by atoms with van der Waals surface area (Å²) in [6.45, 7) is 3.15. The number of carbonyl (C=O) groups excluding carboxylic acids is 2. The average Bonchev–Trinajstić information content (AvgIpc) is 2.86. The standard InChI is InChI=1S/C13H19NO4/c1-3-12(2,11(17)18)14-9(15)8-13(10(14)16)6-4-5-7-13/h3-8H2,1-2H3,(H,17,18). The van der Waals surface area contributed by atoms with E-state index in [1.54, 1.807) is 6.92 Å². The molecule has 2 rings (SSSR count). The van der Waals surface area contributed by atoms with E-state index in [0.29, 0.717) is 12.8 Å². The van der Waals surface area contributed by atoms with Crippen molar-refractivity contribution >= 4 is 17.8 Å². The minimum atomic E-state index is -1.40. The third-order valence-electron chi connectivity index (χ3n) is 4.60. The van der Waals surface area contributed by atoms with E-state index in [4.69, 9.17) is 0 Å². The van der Waals surface area contributed by atoms with E-state index in [2.05, 4.69) is 0 Å². The molecule has 1 atom stereocenters. The maximum Gasteiger partial charge on any atom is 0.329 e. The molecule has 2 amide bonds. The summed E-state index contributed by atoms with van der Waals surface area (Å²) in [5, 5.41) is 9.31. The van der Waals surface area contributed by atoms with Gasteiger partial charge in [0, 0.05) is 6.42 Å². The molecule has 5 nitrogen and oxygen atoms in total. The summed E-state index contributed by atoms with van der Waals surface area (Å²) in [6, 6.07) is 0. The molecule has 100 valence electrons. The molecule has 0 bridgehead atoms. The first kappa shape index (κ1) is 13.1. The molecule has 0 aromatic carbocycles. The van der Waals surface area contributed by atoms with Crippen LogP contribution in [0.3, 0.4) is 0 Å². The van der Waals surface area contributed by atoms with Crippen LogP contribution in [-0.4, -0.2) is 33.3 Å². The van der Waals surface area contributed by atoms with Crippen molar-refractivity contribution in [3.05, 3.63) is 0 Å². The van der Waals surface area contributed by atoms with Gasteiger partial charge in [0.1, 0.15) is 5.54 Å². The number of amides is 2. The van der Waals surface area contributed by atoms with Crippen molar-refractivity contribution in [1.82, 2.24) is 4.90 Å². The molecule has 0 aromatic heterocycles. The molecule has 0 radical (unpaired) electrons. The fourth-order valence-electron chi connectivity index (χ4n) is 3.14. The van der Waals surface area contributed by atoms with Gasteiger partial charge in [-0.1, -0.05) is 19.8 Å². The number of likely N-dealkylation sites (tertiary alicyclic amines) is 1. The molecule has 1 aliphatic carbocycles. The first-order valence-corrected chi connectivity index (χ1v) is 6.48. The Hall–Kier alpha value is -1.39. The smallest absolute Gasteiger partial charge is 0.329 e. The number of aliphatic carboxylic acids is 1. The van der Waals surface area contributed by atoms with Crippen LogP contribution >= 0.6 is 0 Å². The molecule has 2 fully saturated rings. The minimum absolute atomic E-state index is 0.189. The van der Waals surface area contributed by atoms with E-state index in [1.165, 1.54) is 6.92 Å². The minimum Gasteiger partial charge on any atom is -0.479 e. The van der Waals surface area contributed by atoms with Gasteiger partial charge in [-0.2, -0.15) is 0 Å². The second-order valence-corrected chi connectivity index (χ2v) is 5.63. The van der Waals surface area contributed by atoms with Crippen molar-refractivity contribution in [2.45, 2.75) is 57.9 Å². The zero-order chi connectivity index (χ0) is 13.6. The van der Waals surface area contributed by atoms with Gasteiger partial charge in [0.2, 0.25) is 11.8 Å².